The molecule has 0 spiro atoms. The Hall–Kier alpha value is -2.30. The Labute approximate surface area is 98.9 Å². The van der Waals surface area contributed by atoms with Gasteiger partial charge in [0.25, 0.3) is 5.91 Å². The van der Waals surface area contributed by atoms with E-state index in [1.807, 2.05) is 30.3 Å². The second-order valence-electron chi connectivity index (χ2n) is 3.46. The van der Waals surface area contributed by atoms with Gasteiger partial charge in [0.2, 0.25) is 5.82 Å². The van der Waals surface area contributed by atoms with Crippen LogP contribution < -0.4 is 5.32 Å². The fraction of sp³-hybridized carbons (Fsp3) is 0.167. The van der Waals surface area contributed by atoms with E-state index in [4.69, 9.17) is 0 Å². The second-order valence-corrected chi connectivity index (χ2v) is 3.46. The molecule has 1 aromatic carbocycles. The first kappa shape index (κ1) is 11.2. The van der Waals surface area contributed by atoms with Crippen LogP contribution in [0.2, 0.25) is 0 Å². The number of nitrogens with zero attached hydrogens (tertiary/aromatic N) is 3. The van der Waals surface area contributed by atoms with Crippen molar-refractivity contribution in [3.8, 4) is 0 Å². The van der Waals surface area contributed by atoms with E-state index in [2.05, 4.69) is 20.5 Å². The lowest BCUT2D eigenvalue weighted by atomic mass is 10.1. The molecule has 0 saturated heterocycles. The van der Waals surface area contributed by atoms with Crippen LogP contribution in [0.1, 0.15) is 16.2 Å². The van der Waals surface area contributed by atoms with Crippen LogP contribution in [0, 0.1) is 0 Å². The topological polar surface area (TPSA) is 67.8 Å². The Kier molecular flexibility index (Phi) is 3.75. The number of hydrogen-bond acceptors (Lipinski definition) is 4. The minimum absolute atomic E-state index is 0.0977. The van der Waals surface area contributed by atoms with Crippen LogP contribution >= 0.6 is 0 Å². The van der Waals surface area contributed by atoms with Crippen LogP contribution in [0.3, 0.4) is 0 Å². The largest absolute Gasteiger partial charge is 0.349 e. The monoisotopic (exact) mass is 228 g/mol. The molecule has 0 radical (unpaired) electrons. The first-order valence-corrected chi connectivity index (χ1v) is 5.32. The Morgan fingerprint density at radius 2 is 2.00 bits per heavy atom. The fourth-order valence-electron chi connectivity index (χ4n) is 1.40. The maximum Gasteiger partial charge on any atom is 0.290 e. The highest BCUT2D eigenvalue weighted by molar-refractivity contribution is 5.90. The molecule has 1 heterocycles. The highest BCUT2D eigenvalue weighted by Crippen LogP contribution is 1.98. The van der Waals surface area contributed by atoms with Gasteiger partial charge in [0.05, 0.1) is 6.20 Å². The van der Waals surface area contributed by atoms with Crippen molar-refractivity contribution in [1.82, 2.24) is 20.5 Å². The van der Waals surface area contributed by atoms with Gasteiger partial charge in [0.1, 0.15) is 0 Å². The molecule has 5 nitrogen and oxygen atoms in total. The first-order chi connectivity index (χ1) is 8.36. The summed E-state index contributed by atoms with van der Waals surface area (Å²) in [4.78, 5) is 15.4. The third kappa shape index (κ3) is 3.34. The molecular weight excluding hydrogens is 216 g/mol. The lowest BCUT2D eigenvalue weighted by Crippen LogP contribution is -2.27. The minimum atomic E-state index is -0.297. The molecule has 0 aliphatic heterocycles. The van der Waals surface area contributed by atoms with Crippen LogP contribution in [-0.4, -0.2) is 27.6 Å². The number of aromatic nitrogens is 3. The van der Waals surface area contributed by atoms with E-state index in [1.165, 1.54) is 18.0 Å². The standard InChI is InChI=1S/C12H12N4O/c17-12(11-13-8-9-15-16-11)14-7-6-10-4-2-1-3-5-10/h1-5,8-9H,6-7H2,(H,14,17). The summed E-state index contributed by atoms with van der Waals surface area (Å²) in [5.41, 5.74) is 1.18. The van der Waals surface area contributed by atoms with E-state index in [0.717, 1.165) is 6.42 Å². The van der Waals surface area contributed by atoms with Crippen LogP contribution in [0.25, 0.3) is 0 Å². The quantitative estimate of drug-likeness (QED) is 0.842. The van der Waals surface area contributed by atoms with Crippen LogP contribution in [0.4, 0.5) is 0 Å². The van der Waals surface area contributed by atoms with Crippen LogP contribution in [0.5, 0.6) is 0 Å². The highest BCUT2D eigenvalue weighted by atomic mass is 16.2. The third-order valence-electron chi connectivity index (χ3n) is 2.23. The van der Waals surface area contributed by atoms with Crippen molar-refractivity contribution in [1.29, 1.82) is 0 Å². The molecule has 0 aliphatic rings. The fourth-order valence-corrected chi connectivity index (χ4v) is 1.40. The van der Waals surface area contributed by atoms with Gasteiger partial charge in [-0.3, -0.25) is 4.79 Å². The maximum absolute atomic E-state index is 11.6. The summed E-state index contributed by atoms with van der Waals surface area (Å²) in [6, 6.07) is 9.95. The molecule has 0 aliphatic carbocycles. The molecule has 0 atom stereocenters. The lowest BCUT2D eigenvalue weighted by Gasteiger charge is -2.03. The predicted octanol–water partition coefficient (Wildman–Crippen LogP) is 0.844. The zero-order chi connectivity index (χ0) is 11.9. The van der Waals surface area contributed by atoms with Crippen molar-refractivity contribution in [2.75, 3.05) is 6.54 Å². The SMILES string of the molecule is O=C(NCCc1ccccc1)c1nccnn1. The zero-order valence-electron chi connectivity index (χ0n) is 9.21. The molecule has 2 aromatic rings. The third-order valence-corrected chi connectivity index (χ3v) is 2.23. The molecule has 86 valence electrons. The maximum atomic E-state index is 11.6. The molecule has 1 amide bonds. The average molecular weight is 228 g/mol. The number of nitrogens with one attached hydrogen (secondary N) is 1. The molecule has 2 rings (SSSR count). The van der Waals surface area contributed by atoms with Crippen molar-refractivity contribution in [2.24, 2.45) is 0 Å². The van der Waals surface area contributed by atoms with Crippen molar-refractivity contribution < 1.29 is 4.79 Å². The predicted molar refractivity (Wildman–Crippen MR) is 62.3 cm³/mol. The van der Waals surface area contributed by atoms with Gasteiger partial charge < -0.3 is 5.32 Å². The molecule has 0 unspecified atom stereocenters. The van der Waals surface area contributed by atoms with Crippen LogP contribution in [-0.2, 0) is 6.42 Å². The molecule has 1 N–H and O–H groups in total. The van der Waals surface area contributed by atoms with E-state index in [0.29, 0.717) is 6.54 Å². The number of benzene rings is 1. The minimum Gasteiger partial charge on any atom is -0.349 e. The number of hydrogen-bond donors (Lipinski definition) is 1. The smallest absolute Gasteiger partial charge is 0.290 e. The van der Waals surface area contributed by atoms with Gasteiger partial charge in [-0.05, 0) is 12.0 Å². The normalized spacial score (nSPS) is 9.88. The van der Waals surface area contributed by atoms with Gasteiger partial charge >= 0.3 is 0 Å². The van der Waals surface area contributed by atoms with E-state index < -0.39 is 0 Å². The first-order valence-electron chi connectivity index (χ1n) is 5.32. The summed E-state index contributed by atoms with van der Waals surface area (Å²) in [5.74, 6) is -0.199. The summed E-state index contributed by atoms with van der Waals surface area (Å²) < 4.78 is 0. The lowest BCUT2D eigenvalue weighted by molar-refractivity contribution is 0.0942. The highest BCUT2D eigenvalue weighted by Gasteiger charge is 2.07. The summed E-state index contributed by atoms with van der Waals surface area (Å²) >= 11 is 0. The van der Waals surface area contributed by atoms with E-state index in [9.17, 15) is 4.79 Å². The second kappa shape index (κ2) is 5.69. The van der Waals surface area contributed by atoms with Crippen molar-refractivity contribution >= 4 is 5.91 Å². The number of carbonyl (C=O) groups is 1. The Morgan fingerprint density at radius 3 is 2.71 bits per heavy atom. The number of carbonyl (C=O) groups excluding carboxylic acids is 1. The van der Waals surface area contributed by atoms with Gasteiger partial charge in [-0.25, -0.2) is 4.98 Å². The molecule has 5 heteroatoms. The van der Waals surface area contributed by atoms with Gasteiger partial charge in [-0.15, -0.1) is 5.10 Å². The van der Waals surface area contributed by atoms with Crippen molar-refractivity contribution in [2.45, 2.75) is 6.42 Å². The summed E-state index contributed by atoms with van der Waals surface area (Å²) in [7, 11) is 0. The van der Waals surface area contributed by atoms with Gasteiger partial charge in [0.15, 0.2) is 0 Å². The molecule has 1 aromatic heterocycles. The molecule has 17 heavy (non-hydrogen) atoms. The van der Waals surface area contributed by atoms with E-state index in [-0.39, 0.29) is 11.7 Å². The Balaban J connectivity index is 1.82. The van der Waals surface area contributed by atoms with E-state index >= 15 is 0 Å². The number of amides is 1. The van der Waals surface area contributed by atoms with Crippen LogP contribution in [0.15, 0.2) is 42.7 Å². The van der Waals surface area contributed by atoms with Gasteiger partial charge in [-0.2, -0.15) is 5.10 Å². The number of rotatable bonds is 4. The van der Waals surface area contributed by atoms with Crippen molar-refractivity contribution in [3.05, 3.63) is 54.1 Å². The van der Waals surface area contributed by atoms with Crippen molar-refractivity contribution in [3.63, 3.8) is 0 Å². The Bertz CT molecular complexity index is 472. The molecule has 0 fully saturated rings. The molecule has 0 saturated carbocycles. The van der Waals surface area contributed by atoms with Gasteiger partial charge in [0, 0.05) is 12.7 Å². The molecule has 0 bridgehead atoms. The zero-order valence-corrected chi connectivity index (χ0v) is 9.21. The van der Waals surface area contributed by atoms with E-state index in [1.54, 1.807) is 0 Å². The Morgan fingerprint density at radius 1 is 1.18 bits per heavy atom. The summed E-state index contributed by atoms with van der Waals surface area (Å²) in [5, 5.41) is 9.97. The van der Waals surface area contributed by atoms with Gasteiger partial charge in [-0.1, -0.05) is 30.3 Å². The summed E-state index contributed by atoms with van der Waals surface area (Å²) in [6.45, 7) is 0.557. The average Bonchev–Trinajstić information content (AvgIpc) is 2.41. The summed E-state index contributed by atoms with van der Waals surface area (Å²) in [6.07, 6.45) is 3.66. The molecular formula is C12H12N4O.